The van der Waals surface area contributed by atoms with Crippen LogP contribution in [-0.2, 0) is 4.79 Å². The summed E-state index contributed by atoms with van der Waals surface area (Å²) in [5.41, 5.74) is 0. The summed E-state index contributed by atoms with van der Waals surface area (Å²) in [7, 11) is 1.80. The first-order chi connectivity index (χ1) is 11.7. The van der Waals surface area contributed by atoms with Crippen molar-refractivity contribution in [1.82, 2.24) is 15.6 Å². The zero-order valence-electron chi connectivity index (χ0n) is 14.3. The molecule has 2 N–H and O–H groups in total. The number of benzene rings is 1. The summed E-state index contributed by atoms with van der Waals surface area (Å²) in [6.07, 6.45) is 7.69. The Kier molecular flexibility index (Phi) is 5.30. The molecule has 1 aromatic heterocycles. The van der Waals surface area contributed by atoms with E-state index in [9.17, 15) is 4.79 Å². The molecule has 1 saturated carbocycles. The number of carbonyl (C=O) groups is 1. The first-order valence-electron chi connectivity index (χ1n) is 8.64. The number of fused-ring (bicyclic) bond motifs is 1. The van der Waals surface area contributed by atoms with Crippen LogP contribution in [0.15, 0.2) is 36.7 Å². The topological polar surface area (TPSA) is 63.2 Å². The van der Waals surface area contributed by atoms with Gasteiger partial charge in [0.25, 0.3) is 0 Å². The molecule has 3 rings (SSSR count). The number of likely N-dealkylation sites (N-methyl/N-ethyl adjacent to an activating group) is 1. The van der Waals surface area contributed by atoms with E-state index >= 15 is 0 Å². The molecule has 1 amide bonds. The number of nitrogens with one attached hydrogen (secondary N) is 2. The Hall–Kier alpha value is -2.14. The van der Waals surface area contributed by atoms with E-state index in [2.05, 4.69) is 15.6 Å². The van der Waals surface area contributed by atoms with Crippen molar-refractivity contribution in [3.05, 3.63) is 36.7 Å². The third-order valence-corrected chi connectivity index (χ3v) is 4.78. The molecule has 0 bridgehead atoms. The Bertz CT molecular complexity index is 691. The lowest BCUT2D eigenvalue weighted by Crippen LogP contribution is -2.47. The van der Waals surface area contributed by atoms with Crippen molar-refractivity contribution in [3.63, 3.8) is 0 Å². The summed E-state index contributed by atoms with van der Waals surface area (Å²) < 4.78 is 6.24. The van der Waals surface area contributed by atoms with E-state index in [-0.39, 0.29) is 24.1 Å². The Morgan fingerprint density at radius 3 is 2.79 bits per heavy atom. The smallest absolute Gasteiger partial charge is 0.237 e. The van der Waals surface area contributed by atoms with Crippen molar-refractivity contribution >= 4 is 16.7 Å². The van der Waals surface area contributed by atoms with Gasteiger partial charge in [0.15, 0.2) is 0 Å². The van der Waals surface area contributed by atoms with Gasteiger partial charge >= 0.3 is 0 Å². The Labute approximate surface area is 142 Å². The second kappa shape index (κ2) is 7.62. The summed E-state index contributed by atoms with van der Waals surface area (Å²) in [6, 6.07) is 8.17. The molecule has 24 heavy (non-hydrogen) atoms. The van der Waals surface area contributed by atoms with Crippen molar-refractivity contribution in [2.24, 2.45) is 0 Å². The number of hydrogen-bond donors (Lipinski definition) is 2. The minimum absolute atomic E-state index is 0.0726. The lowest BCUT2D eigenvalue weighted by atomic mass is 9.92. The first kappa shape index (κ1) is 16.7. The molecule has 2 aromatic rings. The third kappa shape index (κ3) is 3.85. The van der Waals surface area contributed by atoms with Crippen LogP contribution in [0.4, 0.5) is 0 Å². The number of rotatable bonds is 5. The molecular weight excluding hydrogens is 302 g/mol. The number of carbonyl (C=O) groups excluding carboxylic acids is 1. The van der Waals surface area contributed by atoms with E-state index in [1.165, 1.54) is 0 Å². The van der Waals surface area contributed by atoms with E-state index in [0.29, 0.717) is 0 Å². The van der Waals surface area contributed by atoms with Crippen LogP contribution in [-0.4, -0.2) is 36.1 Å². The number of ether oxygens (including phenoxy) is 1. The fourth-order valence-corrected chi connectivity index (χ4v) is 3.16. The fraction of sp³-hybridized carbons (Fsp3) is 0.474. The molecule has 5 nitrogen and oxygen atoms in total. The van der Waals surface area contributed by atoms with E-state index in [0.717, 1.165) is 42.2 Å². The Morgan fingerprint density at radius 2 is 2.04 bits per heavy atom. The average molecular weight is 327 g/mol. The van der Waals surface area contributed by atoms with Gasteiger partial charge in [0.2, 0.25) is 5.91 Å². The third-order valence-electron chi connectivity index (χ3n) is 4.78. The number of pyridine rings is 1. The van der Waals surface area contributed by atoms with Gasteiger partial charge in [0, 0.05) is 29.2 Å². The quantitative estimate of drug-likeness (QED) is 0.886. The maximum Gasteiger partial charge on any atom is 0.237 e. The van der Waals surface area contributed by atoms with Crippen molar-refractivity contribution in [3.8, 4) is 5.75 Å². The fourth-order valence-electron chi connectivity index (χ4n) is 3.16. The molecule has 0 unspecified atom stereocenters. The van der Waals surface area contributed by atoms with Gasteiger partial charge in [-0.1, -0.05) is 12.1 Å². The second-order valence-corrected chi connectivity index (χ2v) is 6.46. The Balaban J connectivity index is 1.56. The summed E-state index contributed by atoms with van der Waals surface area (Å²) in [5, 5.41) is 8.29. The predicted octanol–water partition coefficient (Wildman–Crippen LogP) is 2.65. The maximum absolute atomic E-state index is 12.0. The van der Waals surface area contributed by atoms with Gasteiger partial charge in [-0.15, -0.1) is 0 Å². The first-order valence-corrected chi connectivity index (χ1v) is 8.64. The summed E-state index contributed by atoms with van der Waals surface area (Å²) in [5.74, 6) is 0.995. The SMILES string of the molecule is CN[C@@H](C)C(=O)NC1CCC(Oc2cccc3cnccc23)CC1. The van der Waals surface area contributed by atoms with Crippen molar-refractivity contribution in [1.29, 1.82) is 0 Å². The van der Waals surface area contributed by atoms with Crippen LogP contribution < -0.4 is 15.4 Å². The zero-order chi connectivity index (χ0) is 16.9. The van der Waals surface area contributed by atoms with Gasteiger partial charge in [-0.25, -0.2) is 0 Å². The molecule has 0 aliphatic heterocycles. The van der Waals surface area contributed by atoms with Crippen LogP contribution in [0.2, 0.25) is 0 Å². The van der Waals surface area contributed by atoms with Crippen LogP contribution in [0.5, 0.6) is 5.75 Å². The van der Waals surface area contributed by atoms with Crippen LogP contribution in [0.25, 0.3) is 10.8 Å². The normalized spacial score (nSPS) is 22.1. The predicted molar refractivity (Wildman–Crippen MR) is 95.1 cm³/mol. The second-order valence-electron chi connectivity index (χ2n) is 6.46. The number of hydrogen-bond acceptors (Lipinski definition) is 4. The molecule has 1 aliphatic rings. The van der Waals surface area contributed by atoms with Crippen molar-refractivity contribution in [2.45, 2.75) is 50.8 Å². The van der Waals surface area contributed by atoms with Crippen LogP contribution >= 0.6 is 0 Å². The Morgan fingerprint density at radius 1 is 1.25 bits per heavy atom. The van der Waals surface area contributed by atoms with Gasteiger partial charge in [0.1, 0.15) is 5.75 Å². The molecule has 0 spiro atoms. The van der Waals surface area contributed by atoms with E-state index in [1.807, 2.05) is 37.4 Å². The minimum Gasteiger partial charge on any atom is -0.490 e. The maximum atomic E-state index is 12.0. The molecule has 0 radical (unpaired) electrons. The lowest BCUT2D eigenvalue weighted by molar-refractivity contribution is -0.123. The number of aromatic nitrogens is 1. The highest BCUT2D eigenvalue weighted by Gasteiger charge is 2.25. The molecule has 0 saturated heterocycles. The summed E-state index contributed by atoms with van der Waals surface area (Å²) in [4.78, 5) is 16.1. The molecule has 1 aromatic carbocycles. The van der Waals surface area contributed by atoms with E-state index in [4.69, 9.17) is 4.74 Å². The highest BCUT2D eigenvalue weighted by atomic mass is 16.5. The number of amides is 1. The van der Waals surface area contributed by atoms with Gasteiger partial charge in [-0.2, -0.15) is 0 Å². The van der Waals surface area contributed by atoms with Crippen molar-refractivity contribution < 1.29 is 9.53 Å². The molecular formula is C19H25N3O2. The largest absolute Gasteiger partial charge is 0.490 e. The van der Waals surface area contributed by atoms with Crippen LogP contribution in [0.1, 0.15) is 32.6 Å². The molecule has 1 heterocycles. The van der Waals surface area contributed by atoms with Gasteiger partial charge in [0.05, 0.1) is 12.1 Å². The van der Waals surface area contributed by atoms with Gasteiger partial charge in [-0.05, 0) is 51.8 Å². The standard InChI is InChI=1S/C19H25N3O2/c1-13(20-2)19(23)22-15-6-8-16(9-7-15)24-18-5-3-4-14-12-21-11-10-17(14)18/h3-5,10-13,15-16,20H,6-9H2,1-2H3,(H,22,23)/t13-,15?,16?/m0/s1. The number of nitrogens with zero attached hydrogens (tertiary/aromatic N) is 1. The molecule has 1 fully saturated rings. The van der Waals surface area contributed by atoms with Crippen molar-refractivity contribution in [2.75, 3.05) is 7.05 Å². The summed E-state index contributed by atoms with van der Waals surface area (Å²) >= 11 is 0. The highest BCUT2D eigenvalue weighted by molar-refractivity contribution is 5.87. The zero-order valence-corrected chi connectivity index (χ0v) is 14.3. The average Bonchev–Trinajstić information content (AvgIpc) is 2.63. The molecule has 128 valence electrons. The summed E-state index contributed by atoms with van der Waals surface area (Å²) in [6.45, 7) is 1.87. The van der Waals surface area contributed by atoms with Crippen LogP contribution in [0.3, 0.4) is 0 Å². The highest BCUT2D eigenvalue weighted by Crippen LogP contribution is 2.29. The lowest BCUT2D eigenvalue weighted by Gasteiger charge is -2.30. The molecule has 1 atom stereocenters. The van der Waals surface area contributed by atoms with Gasteiger partial charge in [-0.3, -0.25) is 9.78 Å². The van der Waals surface area contributed by atoms with Gasteiger partial charge < -0.3 is 15.4 Å². The van der Waals surface area contributed by atoms with E-state index in [1.54, 1.807) is 13.2 Å². The molecule has 5 heteroatoms. The van der Waals surface area contributed by atoms with Crippen LogP contribution in [0, 0.1) is 0 Å². The minimum atomic E-state index is -0.150. The monoisotopic (exact) mass is 327 g/mol. The molecule has 1 aliphatic carbocycles. The van der Waals surface area contributed by atoms with E-state index < -0.39 is 0 Å².